The average Bonchev–Trinajstić information content (AvgIpc) is 3.16. The van der Waals surface area contributed by atoms with Gasteiger partial charge in [0.25, 0.3) is 11.8 Å². The van der Waals surface area contributed by atoms with Gasteiger partial charge in [-0.1, -0.05) is 18.2 Å². The van der Waals surface area contributed by atoms with E-state index in [1.807, 2.05) is 19.9 Å². The quantitative estimate of drug-likeness (QED) is 0.485. The molecule has 1 saturated heterocycles. The van der Waals surface area contributed by atoms with Crippen LogP contribution in [0.3, 0.4) is 0 Å². The van der Waals surface area contributed by atoms with Crippen molar-refractivity contribution < 1.29 is 24.3 Å². The topological polar surface area (TPSA) is 109 Å². The molecule has 3 aromatic rings. The number of hydrogen-bond donors (Lipinski definition) is 2. The molecule has 2 aromatic carbocycles. The summed E-state index contributed by atoms with van der Waals surface area (Å²) in [5.74, 6) is -2.42. The number of aromatic nitrogens is 1. The molecule has 1 fully saturated rings. The van der Waals surface area contributed by atoms with Crippen molar-refractivity contribution in [2.75, 3.05) is 4.90 Å². The summed E-state index contributed by atoms with van der Waals surface area (Å²) >= 11 is 0. The number of barbiturate groups is 1. The fourth-order valence-electron chi connectivity index (χ4n) is 3.75. The molecule has 1 aliphatic heterocycles. The molecule has 8 heteroatoms. The molecule has 0 unspecified atom stereocenters. The van der Waals surface area contributed by atoms with Crippen molar-refractivity contribution >= 4 is 46.5 Å². The zero-order valence-corrected chi connectivity index (χ0v) is 17.7. The van der Waals surface area contributed by atoms with Gasteiger partial charge in [-0.2, -0.15) is 0 Å². The number of carboxylic acids is 1. The Hall–Kier alpha value is -4.20. The maximum atomic E-state index is 13.2. The predicted octanol–water partition coefficient (Wildman–Crippen LogP) is 3.57. The van der Waals surface area contributed by atoms with Gasteiger partial charge in [-0.3, -0.25) is 14.9 Å². The normalized spacial score (nSPS) is 16.5. The molecule has 0 radical (unpaired) electrons. The highest BCUT2D eigenvalue weighted by atomic mass is 16.4. The van der Waals surface area contributed by atoms with Gasteiger partial charge in [0.05, 0.1) is 5.69 Å². The van der Waals surface area contributed by atoms with Gasteiger partial charge in [0.1, 0.15) is 11.6 Å². The number of carboxylic acid groups (broad SMARTS) is 1. The molecule has 162 valence electrons. The Labute approximate surface area is 183 Å². The number of anilines is 1. The van der Waals surface area contributed by atoms with E-state index in [1.54, 1.807) is 54.1 Å². The smallest absolute Gasteiger partial charge is 0.335 e. The second-order valence-corrected chi connectivity index (χ2v) is 7.73. The molecule has 2 N–H and O–H groups in total. The van der Waals surface area contributed by atoms with Gasteiger partial charge in [-0.25, -0.2) is 14.5 Å². The number of hydrogen-bond acceptors (Lipinski definition) is 4. The van der Waals surface area contributed by atoms with Crippen LogP contribution in [-0.2, 0) is 14.4 Å². The minimum absolute atomic E-state index is 0.164. The number of carbonyl (C=O) groups is 4. The van der Waals surface area contributed by atoms with Crippen LogP contribution >= 0.6 is 0 Å². The molecular weight excluding hydrogens is 410 g/mol. The van der Waals surface area contributed by atoms with Crippen molar-refractivity contribution in [2.45, 2.75) is 26.8 Å². The van der Waals surface area contributed by atoms with Crippen molar-refractivity contribution in [3.05, 3.63) is 70.9 Å². The zero-order valence-electron chi connectivity index (χ0n) is 17.7. The number of rotatable bonds is 4. The maximum Gasteiger partial charge on any atom is 0.335 e. The lowest BCUT2D eigenvalue weighted by Gasteiger charge is -2.28. The molecule has 0 bridgehead atoms. The summed E-state index contributed by atoms with van der Waals surface area (Å²) in [6.45, 7) is 5.27. The van der Waals surface area contributed by atoms with Gasteiger partial charge in [0.2, 0.25) is 0 Å². The lowest BCUT2D eigenvalue weighted by Crippen LogP contribution is -2.54. The van der Waals surface area contributed by atoms with E-state index in [0.717, 1.165) is 21.4 Å². The highest BCUT2D eigenvalue weighted by Gasteiger charge is 2.37. The van der Waals surface area contributed by atoms with Crippen LogP contribution in [0.15, 0.2) is 54.2 Å². The molecule has 8 nitrogen and oxygen atoms in total. The standard InChI is InChI=1S/C24H21N3O5/c1-13-5-4-6-19(14(13)2)27-22(29)18(21(28)25-24(27)32)12-16-7-8-20-17(11-16)9-10-26(20)15(3)23(30)31/h4-12,15H,1-3H3,(H,30,31)(H,25,28,32)/b18-12+/t15-/m0/s1. The lowest BCUT2D eigenvalue weighted by atomic mass is 10.0. The number of amides is 4. The summed E-state index contributed by atoms with van der Waals surface area (Å²) in [7, 11) is 0. The number of nitrogens with zero attached hydrogens (tertiary/aromatic N) is 2. The van der Waals surface area contributed by atoms with Crippen LogP contribution < -0.4 is 10.2 Å². The summed E-state index contributed by atoms with van der Waals surface area (Å²) in [5.41, 5.74) is 3.22. The monoisotopic (exact) mass is 431 g/mol. The number of benzene rings is 2. The summed E-state index contributed by atoms with van der Waals surface area (Å²) in [6.07, 6.45) is 3.11. The van der Waals surface area contributed by atoms with Crippen LogP contribution in [0.2, 0.25) is 0 Å². The van der Waals surface area contributed by atoms with Crippen molar-refractivity contribution in [1.82, 2.24) is 9.88 Å². The number of fused-ring (bicyclic) bond motifs is 1. The third-order valence-electron chi connectivity index (χ3n) is 5.75. The van der Waals surface area contributed by atoms with Crippen LogP contribution in [0.25, 0.3) is 17.0 Å². The van der Waals surface area contributed by atoms with E-state index in [4.69, 9.17) is 0 Å². The molecule has 4 rings (SSSR count). The Kier molecular flexibility index (Phi) is 5.14. The summed E-state index contributed by atoms with van der Waals surface area (Å²) in [4.78, 5) is 50.4. The van der Waals surface area contributed by atoms with Crippen molar-refractivity contribution in [3.8, 4) is 0 Å². The van der Waals surface area contributed by atoms with E-state index in [-0.39, 0.29) is 5.57 Å². The maximum absolute atomic E-state index is 13.2. The van der Waals surface area contributed by atoms with Gasteiger partial charge in [-0.15, -0.1) is 0 Å². The first-order valence-corrected chi connectivity index (χ1v) is 10.00. The molecule has 1 atom stereocenters. The molecule has 0 aliphatic carbocycles. The van der Waals surface area contributed by atoms with E-state index in [9.17, 15) is 24.3 Å². The van der Waals surface area contributed by atoms with Gasteiger partial charge < -0.3 is 9.67 Å². The van der Waals surface area contributed by atoms with Crippen LogP contribution in [0.5, 0.6) is 0 Å². The Morgan fingerprint density at radius 3 is 2.56 bits per heavy atom. The van der Waals surface area contributed by atoms with E-state index in [0.29, 0.717) is 16.8 Å². The van der Waals surface area contributed by atoms with Gasteiger partial charge in [0.15, 0.2) is 0 Å². The van der Waals surface area contributed by atoms with Crippen LogP contribution in [-0.4, -0.2) is 33.5 Å². The fraction of sp³-hybridized carbons (Fsp3) is 0.167. The minimum Gasteiger partial charge on any atom is -0.480 e. The first-order chi connectivity index (χ1) is 15.2. The van der Waals surface area contributed by atoms with Gasteiger partial charge in [-0.05, 0) is 67.8 Å². The predicted molar refractivity (Wildman–Crippen MR) is 119 cm³/mol. The number of aliphatic carboxylic acids is 1. The molecule has 32 heavy (non-hydrogen) atoms. The second-order valence-electron chi connectivity index (χ2n) is 7.73. The van der Waals surface area contributed by atoms with Gasteiger partial charge >= 0.3 is 12.0 Å². The molecule has 4 amide bonds. The van der Waals surface area contributed by atoms with Crippen LogP contribution in [0.1, 0.15) is 29.7 Å². The molecule has 0 spiro atoms. The Morgan fingerprint density at radius 2 is 1.84 bits per heavy atom. The number of nitrogens with one attached hydrogen (secondary N) is 1. The Balaban J connectivity index is 1.74. The van der Waals surface area contributed by atoms with Gasteiger partial charge in [0, 0.05) is 17.1 Å². The molecule has 1 aliphatic rings. The Morgan fingerprint density at radius 1 is 1.09 bits per heavy atom. The summed E-state index contributed by atoms with van der Waals surface area (Å²) < 4.78 is 1.63. The van der Waals surface area contributed by atoms with E-state index < -0.39 is 29.9 Å². The fourth-order valence-corrected chi connectivity index (χ4v) is 3.75. The second kappa shape index (κ2) is 7.81. The largest absolute Gasteiger partial charge is 0.480 e. The van der Waals surface area contributed by atoms with Crippen LogP contribution in [0, 0.1) is 13.8 Å². The summed E-state index contributed by atoms with van der Waals surface area (Å²) in [6, 6.07) is 10.7. The van der Waals surface area contributed by atoms with Crippen molar-refractivity contribution in [1.29, 1.82) is 0 Å². The first-order valence-electron chi connectivity index (χ1n) is 10.00. The highest BCUT2D eigenvalue weighted by molar-refractivity contribution is 6.39. The number of imide groups is 2. The van der Waals surface area contributed by atoms with Crippen molar-refractivity contribution in [3.63, 3.8) is 0 Å². The zero-order chi connectivity index (χ0) is 23.2. The van der Waals surface area contributed by atoms with E-state index >= 15 is 0 Å². The van der Waals surface area contributed by atoms with Crippen molar-refractivity contribution in [2.24, 2.45) is 0 Å². The van der Waals surface area contributed by atoms with E-state index in [2.05, 4.69) is 5.32 Å². The number of carbonyl (C=O) groups excluding carboxylic acids is 3. The number of aryl methyl sites for hydroxylation is 1. The Bertz CT molecular complexity index is 1330. The van der Waals surface area contributed by atoms with Crippen LogP contribution in [0.4, 0.5) is 10.5 Å². The molecule has 1 aromatic heterocycles. The SMILES string of the molecule is Cc1cccc(N2C(=O)NC(=O)/C(=C\c3ccc4c(ccn4[C@@H](C)C(=O)O)c3)C2=O)c1C. The van der Waals surface area contributed by atoms with E-state index in [1.165, 1.54) is 6.08 Å². The highest BCUT2D eigenvalue weighted by Crippen LogP contribution is 2.28. The first kappa shape index (κ1) is 21.0. The lowest BCUT2D eigenvalue weighted by molar-refractivity contribution is -0.140. The molecular formula is C24H21N3O5. The molecule has 0 saturated carbocycles. The summed E-state index contributed by atoms with van der Waals surface area (Å²) in [5, 5.41) is 12.3. The third-order valence-corrected chi connectivity index (χ3v) is 5.75. The minimum atomic E-state index is -0.950. The third kappa shape index (κ3) is 3.45. The average molecular weight is 431 g/mol. The number of urea groups is 1. The molecule has 2 heterocycles.